The van der Waals surface area contributed by atoms with E-state index in [1.807, 2.05) is 0 Å². The van der Waals surface area contributed by atoms with E-state index in [0.717, 1.165) is 12.8 Å². The molecule has 0 aromatic heterocycles. The lowest BCUT2D eigenvalue weighted by Crippen LogP contribution is -2.41. The van der Waals surface area contributed by atoms with Crippen molar-refractivity contribution in [3.8, 4) is 0 Å². The van der Waals surface area contributed by atoms with Crippen molar-refractivity contribution in [2.24, 2.45) is 16.7 Å². The molecular weight excluding hydrogens is 230 g/mol. The first kappa shape index (κ1) is 13.4. The van der Waals surface area contributed by atoms with Gasteiger partial charge in [0.25, 0.3) is 0 Å². The SMILES string of the molecule is CCNC(=O)C(=O)OC1CC2CCC1(C)C2(C)C. The van der Waals surface area contributed by atoms with E-state index < -0.39 is 11.9 Å². The van der Waals surface area contributed by atoms with Gasteiger partial charge in [-0.15, -0.1) is 0 Å². The zero-order valence-corrected chi connectivity index (χ0v) is 11.7. The number of ether oxygens (including phenoxy) is 1. The van der Waals surface area contributed by atoms with Gasteiger partial charge in [0, 0.05) is 12.0 Å². The van der Waals surface area contributed by atoms with Gasteiger partial charge in [-0.2, -0.15) is 0 Å². The summed E-state index contributed by atoms with van der Waals surface area (Å²) in [7, 11) is 0. The van der Waals surface area contributed by atoms with Crippen LogP contribution in [-0.2, 0) is 14.3 Å². The monoisotopic (exact) mass is 253 g/mol. The van der Waals surface area contributed by atoms with Crippen LogP contribution in [0.15, 0.2) is 0 Å². The van der Waals surface area contributed by atoms with Crippen LogP contribution in [-0.4, -0.2) is 24.5 Å². The first-order valence-electron chi connectivity index (χ1n) is 6.81. The number of hydrogen-bond donors (Lipinski definition) is 1. The van der Waals surface area contributed by atoms with E-state index in [-0.39, 0.29) is 16.9 Å². The van der Waals surface area contributed by atoms with E-state index in [4.69, 9.17) is 4.74 Å². The average Bonchev–Trinajstić information content (AvgIpc) is 2.62. The molecule has 2 fully saturated rings. The third-order valence-corrected chi connectivity index (χ3v) is 5.49. The van der Waals surface area contributed by atoms with Gasteiger partial charge in [-0.25, -0.2) is 4.79 Å². The average molecular weight is 253 g/mol. The standard InChI is InChI=1S/C14H23NO3/c1-5-15-11(16)12(17)18-10-8-9-6-7-14(10,4)13(9,2)3/h9-10H,5-8H2,1-4H3,(H,15,16). The van der Waals surface area contributed by atoms with Gasteiger partial charge in [0.15, 0.2) is 0 Å². The Balaban J connectivity index is 2.05. The summed E-state index contributed by atoms with van der Waals surface area (Å²) in [4.78, 5) is 23.1. The molecule has 102 valence electrons. The number of rotatable bonds is 2. The van der Waals surface area contributed by atoms with Crippen molar-refractivity contribution < 1.29 is 14.3 Å². The molecule has 0 heterocycles. The van der Waals surface area contributed by atoms with Crippen molar-refractivity contribution in [2.45, 2.75) is 53.1 Å². The molecule has 1 amide bonds. The number of amides is 1. The Hall–Kier alpha value is -1.06. The molecule has 1 N–H and O–H groups in total. The molecule has 0 aliphatic heterocycles. The normalized spacial score (nSPS) is 36.4. The molecule has 0 aromatic rings. The fourth-order valence-corrected chi connectivity index (χ4v) is 3.72. The van der Waals surface area contributed by atoms with Crippen molar-refractivity contribution in [3.05, 3.63) is 0 Å². The number of carbonyl (C=O) groups excluding carboxylic acids is 2. The van der Waals surface area contributed by atoms with Crippen LogP contribution < -0.4 is 5.32 Å². The molecule has 3 unspecified atom stereocenters. The molecule has 4 nitrogen and oxygen atoms in total. The quantitative estimate of drug-likeness (QED) is 0.604. The lowest BCUT2D eigenvalue weighted by molar-refractivity contribution is -0.164. The van der Waals surface area contributed by atoms with Crippen LogP contribution in [0, 0.1) is 16.7 Å². The van der Waals surface area contributed by atoms with Gasteiger partial charge < -0.3 is 10.1 Å². The Labute approximate surface area is 108 Å². The molecule has 18 heavy (non-hydrogen) atoms. The molecule has 2 rings (SSSR count). The lowest BCUT2D eigenvalue weighted by atomic mass is 9.70. The summed E-state index contributed by atoms with van der Waals surface area (Å²) in [5.41, 5.74) is 0.207. The summed E-state index contributed by atoms with van der Waals surface area (Å²) >= 11 is 0. The Kier molecular flexibility index (Phi) is 3.16. The number of carbonyl (C=O) groups is 2. The van der Waals surface area contributed by atoms with Crippen molar-refractivity contribution in [3.63, 3.8) is 0 Å². The smallest absolute Gasteiger partial charge is 0.397 e. The number of nitrogens with one attached hydrogen (secondary N) is 1. The van der Waals surface area contributed by atoms with Crippen LogP contribution in [0.3, 0.4) is 0 Å². The maximum absolute atomic E-state index is 11.7. The van der Waals surface area contributed by atoms with Gasteiger partial charge in [-0.05, 0) is 37.5 Å². The van der Waals surface area contributed by atoms with Crippen LogP contribution in [0.2, 0.25) is 0 Å². The molecule has 2 aliphatic carbocycles. The Morgan fingerprint density at radius 2 is 2.00 bits per heavy atom. The minimum atomic E-state index is -0.730. The highest BCUT2D eigenvalue weighted by atomic mass is 16.6. The van der Waals surface area contributed by atoms with Crippen molar-refractivity contribution in [2.75, 3.05) is 6.54 Å². The molecule has 3 atom stereocenters. The van der Waals surface area contributed by atoms with E-state index in [1.54, 1.807) is 6.92 Å². The van der Waals surface area contributed by atoms with Crippen molar-refractivity contribution >= 4 is 11.9 Å². The zero-order chi connectivity index (χ0) is 13.6. The van der Waals surface area contributed by atoms with E-state index in [0.29, 0.717) is 12.5 Å². The summed E-state index contributed by atoms with van der Waals surface area (Å²) < 4.78 is 5.45. The van der Waals surface area contributed by atoms with Crippen LogP contribution in [0.4, 0.5) is 0 Å². The molecule has 2 bridgehead atoms. The summed E-state index contributed by atoms with van der Waals surface area (Å²) in [5, 5.41) is 2.48. The minimum Gasteiger partial charge on any atom is -0.455 e. The summed E-state index contributed by atoms with van der Waals surface area (Å²) in [6.45, 7) is 8.93. The topological polar surface area (TPSA) is 55.4 Å². The fourth-order valence-electron chi connectivity index (χ4n) is 3.72. The van der Waals surface area contributed by atoms with Crippen LogP contribution in [0.1, 0.15) is 47.0 Å². The van der Waals surface area contributed by atoms with Gasteiger partial charge in [0.1, 0.15) is 6.10 Å². The molecular formula is C14H23NO3. The van der Waals surface area contributed by atoms with E-state index in [1.165, 1.54) is 6.42 Å². The second-order valence-electron chi connectivity index (χ2n) is 6.36. The molecule has 2 saturated carbocycles. The predicted molar refractivity (Wildman–Crippen MR) is 67.8 cm³/mol. The summed E-state index contributed by atoms with van der Waals surface area (Å²) in [6, 6.07) is 0. The van der Waals surface area contributed by atoms with Crippen LogP contribution in [0.5, 0.6) is 0 Å². The highest BCUT2D eigenvalue weighted by Gasteiger charge is 2.63. The summed E-state index contributed by atoms with van der Waals surface area (Å²) in [5.74, 6) is -0.748. The molecule has 0 saturated heterocycles. The van der Waals surface area contributed by atoms with Crippen LogP contribution >= 0.6 is 0 Å². The van der Waals surface area contributed by atoms with Gasteiger partial charge >= 0.3 is 11.9 Å². The zero-order valence-electron chi connectivity index (χ0n) is 11.7. The van der Waals surface area contributed by atoms with E-state index in [2.05, 4.69) is 26.1 Å². The number of esters is 1. The fraction of sp³-hybridized carbons (Fsp3) is 0.857. The number of likely N-dealkylation sites (N-methyl/N-ethyl adjacent to an activating group) is 1. The minimum absolute atomic E-state index is 0.0137. The molecule has 4 heteroatoms. The first-order chi connectivity index (χ1) is 8.33. The van der Waals surface area contributed by atoms with Crippen molar-refractivity contribution in [1.29, 1.82) is 0 Å². The largest absolute Gasteiger partial charge is 0.455 e. The van der Waals surface area contributed by atoms with E-state index >= 15 is 0 Å². The highest BCUT2D eigenvalue weighted by molar-refractivity contribution is 6.32. The molecule has 0 radical (unpaired) electrons. The molecule has 0 spiro atoms. The molecule has 0 aromatic carbocycles. The maximum Gasteiger partial charge on any atom is 0.397 e. The Morgan fingerprint density at radius 1 is 1.33 bits per heavy atom. The summed E-state index contributed by atoms with van der Waals surface area (Å²) in [6.07, 6.45) is 3.08. The van der Waals surface area contributed by atoms with Gasteiger partial charge in [0.05, 0.1) is 0 Å². The second-order valence-corrected chi connectivity index (χ2v) is 6.36. The predicted octanol–water partition coefficient (Wildman–Crippen LogP) is 1.88. The van der Waals surface area contributed by atoms with Gasteiger partial charge in [0.2, 0.25) is 0 Å². The van der Waals surface area contributed by atoms with E-state index in [9.17, 15) is 9.59 Å². The Bertz CT molecular complexity index is 377. The third kappa shape index (κ3) is 1.73. The number of fused-ring (bicyclic) bond motifs is 2. The van der Waals surface area contributed by atoms with Crippen molar-refractivity contribution in [1.82, 2.24) is 5.32 Å². The third-order valence-electron chi connectivity index (χ3n) is 5.49. The molecule has 2 aliphatic rings. The maximum atomic E-state index is 11.7. The number of hydrogen-bond acceptors (Lipinski definition) is 3. The second kappa shape index (κ2) is 4.25. The van der Waals surface area contributed by atoms with Gasteiger partial charge in [-0.3, -0.25) is 4.79 Å². The first-order valence-corrected chi connectivity index (χ1v) is 6.81. The highest BCUT2D eigenvalue weighted by Crippen LogP contribution is 2.66. The van der Waals surface area contributed by atoms with Gasteiger partial charge in [-0.1, -0.05) is 20.8 Å². The lowest BCUT2D eigenvalue weighted by Gasteiger charge is -2.38. The Morgan fingerprint density at radius 3 is 2.44 bits per heavy atom. The van der Waals surface area contributed by atoms with Crippen LogP contribution in [0.25, 0.3) is 0 Å².